The van der Waals surface area contributed by atoms with Crippen molar-refractivity contribution in [3.63, 3.8) is 0 Å². The van der Waals surface area contributed by atoms with Crippen LogP contribution in [0, 0.1) is 11.3 Å². The van der Waals surface area contributed by atoms with Crippen molar-refractivity contribution in [1.29, 1.82) is 0 Å². The maximum Gasteiger partial charge on any atom is 0.227 e. The summed E-state index contributed by atoms with van der Waals surface area (Å²) in [6.07, 6.45) is 6.84. The van der Waals surface area contributed by atoms with E-state index in [1.807, 2.05) is 30.6 Å². The summed E-state index contributed by atoms with van der Waals surface area (Å²) >= 11 is 0. The molecule has 2 aliphatic heterocycles. The monoisotopic (exact) mass is 410 g/mol. The van der Waals surface area contributed by atoms with Crippen LogP contribution in [-0.2, 0) is 22.5 Å². The molecule has 1 unspecified atom stereocenters. The molecule has 3 aliphatic rings. The van der Waals surface area contributed by atoms with Crippen LogP contribution in [-0.4, -0.2) is 59.0 Å². The van der Waals surface area contributed by atoms with Crippen molar-refractivity contribution in [2.24, 2.45) is 11.3 Å². The van der Waals surface area contributed by atoms with E-state index in [1.165, 1.54) is 12.8 Å². The average molecular weight is 411 g/mol. The summed E-state index contributed by atoms with van der Waals surface area (Å²) in [6.45, 7) is 4.03. The van der Waals surface area contributed by atoms with Gasteiger partial charge in [-0.1, -0.05) is 12.1 Å². The Morgan fingerprint density at radius 1 is 1.23 bits per heavy atom. The fourth-order valence-electron chi connectivity index (χ4n) is 5.08. The van der Waals surface area contributed by atoms with E-state index in [9.17, 15) is 4.79 Å². The molecule has 1 atom stereocenters. The summed E-state index contributed by atoms with van der Waals surface area (Å²) in [7, 11) is 1.65. The molecule has 3 fully saturated rings. The maximum absolute atomic E-state index is 13.2. The zero-order valence-electron chi connectivity index (χ0n) is 17.6. The molecule has 1 spiro atoms. The molecule has 1 saturated carbocycles. The summed E-state index contributed by atoms with van der Waals surface area (Å²) in [5.74, 6) is 3.04. The summed E-state index contributed by atoms with van der Waals surface area (Å²) in [5, 5.41) is 8.79. The summed E-state index contributed by atoms with van der Waals surface area (Å²) < 4.78 is 13.2. The van der Waals surface area contributed by atoms with E-state index in [-0.39, 0.29) is 17.2 Å². The minimum Gasteiger partial charge on any atom is -0.497 e. The van der Waals surface area contributed by atoms with Crippen LogP contribution in [0.2, 0.25) is 0 Å². The zero-order valence-corrected chi connectivity index (χ0v) is 17.6. The molecule has 1 aromatic carbocycles. The minimum absolute atomic E-state index is 0.0438. The van der Waals surface area contributed by atoms with Gasteiger partial charge in [-0.2, -0.15) is 0 Å². The molecule has 5 rings (SSSR count). The van der Waals surface area contributed by atoms with Crippen molar-refractivity contribution in [2.75, 3.05) is 33.4 Å². The number of benzene rings is 1. The third-order valence-corrected chi connectivity index (χ3v) is 7.11. The van der Waals surface area contributed by atoms with Crippen LogP contribution in [0.3, 0.4) is 0 Å². The first-order valence-corrected chi connectivity index (χ1v) is 11.0. The number of nitrogens with zero attached hydrogens (tertiary/aromatic N) is 4. The van der Waals surface area contributed by atoms with Gasteiger partial charge in [0.2, 0.25) is 5.91 Å². The van der Waals surface area contributed by atoms with E-state index >= 15 is 0 Å². The molecule has 30 heavy (non-hydrogen) atoms. The van der Waals surface area contributed by atoms with Crippen molar-refractivity contribution in [2.45, 2.75) is 44.6 Å². The number of rotatable bonds is 6. The second-order valence-electron chi connectivity index (χ2n) is 9.11. The van der Waals surface area contributed by atoms with Gasteiger partial charge in [0.15, 0.2) is 0 Å². The number of ether oxygens (including phenoxy) is 2. The molecule has 1 aromatic heterocycles. The topological polar surface area (TPSA) is 69.5 Å². The maximum atomic E-state index is 13.2. The molecule has 1 amide bonds. The molecular formula is C23H30N4O3. The predicted octanol–water partition coefficient (Wildman–Crippen LogP) is 2.66. The zero-order chi connectivity index (χ0) is 20.6. The van der Waals surface area contributed by atoms with Crippen LogP contribution >= 0.6 is 0 Å². The fourth-order valence-corrected chi connectivity index (χ4v) is 5.08. The van der Waals surface area contributed by atoms with Gasteiger partial charge in [0, 0.05) is 44.2 Å². The standard InChI is InChI=1S/C23H30N4O3/c1-29-19-6-4-17(5-7-19)12-21(28)26-14-20(23(15-26)8-10-30-11-9-23)22-25-24-16-27(22)13-18-2-3-18/h4-7,16,18,20H,2-3,8-15H2,1H3. The van der Waals surface area contributed by atoms with E-state index in [4.69, 9.17) is 9.47 Å². The largest absolute Gasteiger partial charge is 0.497 e. The average Bonchev–Trinajstić information content (AvgIpc) is 3.35. The van der Waals surface area contributed by atoms with Crippen molar-refractivity contribution in [3.8, 4) is 5.75 Å². The van der Waals surface area contributed by atoms with Crippen LogP contribution in [0.4, 0.5) is 0 Å². The number of hydrogen-bond donors (Lipinski definition) is 0. The van der Waals surface area contributed by atoms with E-state index in [0.717, 1.165) is 68.7 Å². The molecule has 0 bridgehead atoms. The van der Waals surface area contributed by atoms with Crippen LogP contribution in [0.25, 0.3) is 0 Å². The van der Waals surface area contributed by atoms with Crippen LogP contribution in [0.1, 0.15) is 43.0 Å². The Bertz CT molecular complexity index is 884. The molecule has 7 heteroatoms. The Hall–Kier alpha value is -2.41. The Morgan fingerprint density at radius 3 is 2.70 bits per heavy atom. The van der Waals surface area contributed by atoms with Crippen LogP contribution < -0.4 is 4.74 Å². The number of hydrogen-bond acceptors (Lipinski definition) is 5. The highest BCUT2D eigenvalue weighted by atomic mass is 16.5. The van der Waals surface area contributed by atoms with Crippen molar-refractivity contribution in [1.82, 2.24) is 19.7 Å². The number of carbonyl (C=O) groups excluding carboxylic acids is 1. The van der Waals surface area contributed by atoms with Crippen LogP contribution in [0.5, 0.6) is 5.75 Å². The third kappa shape index (κ3) is 3.83. The molecule has 1 aliphatic carbocycles. The van der Waals surface area contributed by atoms with E-state index < -0.39 is 0 Å². The van der Waals surface area contributed by atoms with Gasteiger partial charge >= 0.3 is 0 Å². The summed E-state index contributed by atoms with van der Waals surface area (Å²) in [6, 6.07) is 7.77. The van der Waals surface area contributed by atoms with Gasteiger partial charge < -0.3 is 18.9 Å². The van der Waals surface area contributed by atoms with Gasteiger partial charge in [0.25, 0.3) is 0 Å². The molecule has 3 heterocycles. The Balaban J connectivity index is 1.36. The second kappa shape index (κ2) is 8.02. The Kier molecular flexibility index (Phi) is 5.23. The number of amides is 1. The van der Waals surface area contributed by atoms with Crippen LogP contribution in [0.15, 0.2) is 30.6 Å². The molecule has 160 valence electrons. The highest BCUT2D eigenvalue weighted by Crippen LogP contribution is 2.49. The summed E-state index contributed by atoms with van der Waals surface area (Å²) in [5.41, 5.74) is 1.06. The number of likely N-dealkylation sites (tertiary alicyclic amines) is 1. The molecule has 7 nitrogen and oxygen atoms in total. The molecule has 0 radical (unpaired) electrons. The molecular weight excluding hydrogens is 380 g/mol. The van der Waals surface area contributed by atoms with Gasteiger partial charge in [0.05, 0.1) is 13.5 Å². The highest BCUT2D eigenvalue weighted by molar-refractivity contribution is 5.79. The Morgan fingerprint density at radius 2 is 2.00 bits per heavy atom. The van der Waals surface area contributed by atoms with E-state index in [1.54, 1.807) is 7.11 Å². The lowest BCUT2D eigenvalue weighted by Gasteiger charge is -2.37. The smallest absolute Gasteiger partial charge is 0.227 e. The Labute approximate surface area is 177 Å². The lowest BCUT2D eigenvalue weighted by atomic mass is 9.71. The lowest BCUT2D eigenvalue weighted by molar-refractivity contribution is -0.130. The molecule has 0 N–H and O–H groups in total. The first kappa shape index (κ1) is 19.5. The second-order valence-corrected chi connectivity index (χ2v) is 9.11. The van der Waals surface area contributed by atoms with Crippen molar-refractivity contribution >= 4 is 5.91 Å². The van der Waals surface area contributed by atoms with E-state index in [0.29, 0.717) is 6.42 Å². The SMILES string of the molecule is COc1ccc(CC(=O)N2CC(c3nncn3CC3CC3)C3(CCOCC3)C2)cc1. The quantitative estimate of drug-likeness (QED) is 0.732. The van der Waals surface area contributed by atoms with E-state index in [2.05, 4.69) is 19.7 Å². The number of aromatic nitrogens is 3. The van der Waals surface area contributed by atoms with Gasteiger partial charge in [-0.15, -0.1) is 10.2 Å². The van der Waals surface area contributed by atoms with Gasteiger partial charge in [-0.3, -0.25) is 4.79 Å². The first-order chi connectivity index (χ1) is 14.7. The minimum atomic E-state index is 0.0438. The van der Waals surface area contributed by atoms with Gasteiger partial charge in [-0.05, 0) is 49.3 Å². The van der Waals surface area contributed by atoms with Crippen molar-refractivity contribution < 1.29 is 14.3 Å². The third-order valence-electron chi connectivity index (χ3n) is 7.11. The molecule has 2 aromatic rings. The first-order valence-electron chi connectivity index (χ1n) is 11.0. The number of methoxy groups -OCH3 is 1. The fraction of sp³-hybridized carbons (Fsp3) is 0.609. The number of carbonyl (C=O) groups is 1. The van der Waals surface area contributed by atoms with Gasteiger partial charge in [0.1, 0.15) is 17.9 Å². The summed E-state index contributed by atoms with van der Waals surface area (Å²) in [4.78, 5) is 15.3. The lowest BCUT2D eigenvalue weighted by Crippen LogP contribution is -2.38. The highest BCUT2D eigenvalue weighted by Gasteiger charge is 2.51. The van der Waals surface area contributed by atoms with Gasteiger partial charge in [-0.25, -0.2) is 0 Å². The predicted molar refractivity (Wildman–Crippen MR) is 111 cm³/mol. The normalized spacial score (nSPS) is 23.1. The molecule has 2 saturated heterocycles. The van der Waals surface area contributed by atoms with Crippen molar-refractivity contribution in [3.05, 3.63) is 42.0 Å².